The van der Waals surface area contributed by atoms with Crippen molar-refractivity contribution in [1.82, 2.24) is 0 Å². The molecular formula is C13H18O. The van der Waals surface area contributed by atoms with Crippen LogP contribution in [0.15, 0.2) is 6.07 Å². The number of hydrogen-bond donors (Lipinski definition) is 0. The van der Waals surface area contributed by atoms with E-state index in [2.05, 4.69) is 27.7 Å². The summed E-state index contributed by atoms with van der Waals surface area (Å²) in [6, 6.07) is 2.00. The van der Waals surface area contributed by atoms with Crippen LogP contribution in [0.25, 0.3) is 0 Å². The molecule has 0 bridgehead atoms. The molecule has 1 heteroatoms. The number of aryl methyl sites for hydroxylation is 1. The van der Waals surface area contributed by atoms with Crippen LogP contribution < -0.4 is 0 Å². The van der Waals surface area contributed by atoms with Crippen molar-refractivity contribution in [2.24, 2.45) is 0 Å². The van der Waals surface area contributed by atoms with E-state index in [1.807, 2.05) is 6.07 Å². The molecule has 0 aliphatic rings. The van der Waals surface area contributed by atoms with Gasteiger partial charge in [0.05, 0.1) is 0 Å². The Morgan fingerprint density at radius 3 is 2.14 bits per heavy atom. The van der Waals surface area contributed by atoms with Crippen LogP contribution in [-0.2, 0) is 12.8 Å². The summed E-state index contributed by atoms with van der Waals surface area (Å²) >= 11 is 0. The zero-order chi connectivity index (χ0) is 10.7. The fraction of sp³-hybridized carbons (Fsp3) is 0.462. The minimum Gasteiger partial charge on any atom is -0.298 e. The van der Waals surface area contributed by atoms with Crippen LogP contribution >= 0.6 is 0 Å². The van der Waals surface area contributed by atoms with Crippen LogP contribution in [-0.4, -0.2) is 6.29 Å². The lowest BCUT2D eigenvalue weighted by atomic mass is 9.90. The van der Waals surface area contributed by atoms with Gasteiger partial charge in [0.25, 0.3) is 0 Å². The maximum absolute atomic E-state index is 10.9. The summed E-state index contributed by atoms with van der Waals surface area (Å²) in [6.45, 7) is 8.47. The van der Waals surface area contributed by atoms with E-state index in [-0.39, 0.29) is 0 Å². The molecule has 0 fully saturated rings. The molecule has 0 saturated heterocycles. The quantitative estimate of drug-likeness (QED) is 0.669. The van der Waals surface area contributed by atoms with Gasteiger partial charge in [-0.2, -0.15) is 0 Å². The average Bonchev–Trinajstić information content (AvgIpc) is 2.20. The molecular weight excluding hydrogens is 172 g/mol. The SMILES string of the molecule is CCc1c(C=O)cc(C)c(C)c1CC. The van der Waals surface area contributed by atoms with Crippen molar-refractivity contribution in [3.05, 3.63) is 33.9 Å². The second-order valence-corrected chi connectivity index (χ2v) is 3.69. The van der Waals surface area contributed by atoms with E-state index >= 15 is 0 Å². The van der Waals surface area contributed by atoms with Gasteiger partial charge in [-0.25, -0.2) is 0 Å². The topological polar surface area (TPSA) is 17.1 Å². The number of carbonyl (C=O) groups is 1. The molecule has 0 aromatic heterocycles. The highest BCUT2D eigenvalue weighted by Crippen LogP contribution is 2.22. The molecule has 1 nitrogen and oxygen atoms in total. The Kier molecular flexibility index (Phi) is 3.45. The summed E-state index contributed by atoms with van der Waals surface area (Å²) in [5, 5.41) is 0. The molecule has 1 aromatic rings. The van der Waals surface area contributed by atoms with Crippen LogP contribution in [0.4, 0.5) is 0 Å². The van der Waals surface area contributed by atoms with Gasteiger partial charge < -0.3 is 0 Å². The summed E-state index contributed by atoms with van der Waals surface area (Å²) < 4.78 is 0. The van der Waals surface area contributed by atoms with Crippen molar-refractivity contribution in [2.45, 2.75) is 40.5 Å². The monoisotopic (exact) mass is 190 g/mol. The van der Waals surface area contributed by atoms with Gasteiger partial charge in [-0.05, 0) is 55.0 Å². The van der Waals surface area contributed by atoms with Gasteiger partial charge in [-0.15, -0.1) is 0 Å². The van der Waals surface area contributed by atoms with Crippen molar-refractivity contribution < 1.29 is 4.79 Å². The molecule has 0 saturated carbocycles. The Morgan fingerprint density at radius 1 is 1.14 bits per heavy atom. The smallest absolute Gasteiger partial charge is 0.150 e. The van der Waals surface area contributed by atoms with Gasteiger partial charge in [0.2, 0.25) is 0 Å². The first kappa shape index (κ1) is 11.0. The predicted molar refractivity (Wildman–Crippen MR) is 60.1 cm³/mol. The predicted octanol–water partition coefficient (Wildman–Crippen LogP) is 3.24. The molecule has 1 aromatic carbocycles. The van der Waals surface area contributed by atoms with Gasteiger partial charge in [0.1, 0.15) is 6.29 Å². The fourth-order valence-electron chi connectivity index (χ4n) is 2.07. The molecule has 0 atom stereocenters. The van der Waals surface area contributed by atoms with Gasteiger partial charge in [-0.1, -0.05) is 13.8 Å². The van der Waals surface area contributed by atoms with Crippen molar-refractivity contribution >= 4 is 6.29 Å². The molecule has 0 N–H and O–H groups in total. The Balaban J connectivity index is 3.49. The Morgan fingerprint density at radius 2 is 1.71 bits per heavy atom. The van der Waals surface area contributed by atoms with Crippen LogP contribution in [0.2, 0.25) is 0 Å². The van der Waals surface area contributed by atoms with E-state index in [1.54, 1.807) is 0 Å². The first-order valence-electron chi connectivity index (χ1n) is 5.22. The zero-order valence-corrected chi connectivity index (χ0v) is 9.48. The molecule has 0 amide bonds. The van der Waals surface area contributed by atoms with Crippen LogP contribution in [0.3, 0.4) is 0 Å². The van der Waals surface area contributed by atoms with E-state index in [9.17, 15) is 4.79 Å². The van der Waals surface area contributed by atoms with Crippen LogP contribution in [0, 0.1) is 13.8 Å². The highest BCUT2D eigenvalue weighted by atomic mass is 16.1. The first-order chi connectivity index (χ1) is 6.65. The van der Waals surface area contributed by atoms with Crippen molar-refractivity contribution in [1.29, 1.82) is 0 Å². The largest absolute Gasteiger partial charge is 0.298 e. The zero-order valence-electron chi connectivity index (χ0n) is 9.48. The van der Waals surface area contributed by atoms with Crippen molar-refractivity contribution in [3.8, 4) is 0 Å². The lowest BCUT2D eigenvalue weighted by Gasteiger charge is -2.14. The number of aldehydes is 1. The van der Waals surface area contributed by atoms with Gasteiger partial charge >= 0.3 is 0 Å². The number of carbonyl (C=O) groups excluding carboxylic acids is 1. The molecule has 0 aliphatic heterocycles. The van der Waals surface area contributed by atoms with E-state index < -0.39 is 0 Å². The molecule has 0 heterocycles. The second kappa shape index (κ2) is 4.41. The van der Waals surface area contributed by atoms with Crippen molar-refractivity contribution in [2.75, 3.05) is 0 Å². The molecule has 1 rings (SSSR count). The normalized spacial score (nSPS) is 10.3. The highest BCUT2D eigenvalue weighted by molar-refractivity contribution is 5.79. The standard InChI is InChI=1S/C13H18O/c1-5-12-10(4)9(3)7-11(8-14)13(12)6-2/h7-8H,5-6H2,1-4H3. The molecule has 0 unspecified atom stereocenters. The van der Waals surface area contributed by atoms with E-state index in [0.717, 1.165) is 24.7 Å². The summed E-state index contributed by atoms with van der Waals surface area (Å²) in [4.78, 5) is 10.9. The number of hydrogen-bond acceptors (Lipinski definition) is 1. The van der Waals surface area contributed by atoms with Crippen molar-refractivity contribution in [3.63, 3.8) is 0 Å². The molecule has 76 valence electrons. The maximum atomic E-state index is 10.9. The third-order valence-corrected chi connectivity index (χ3v) is 2.96. The van der Waals surface area contributed by atoms with Crippen LogP contribution in [0.1, 0.15) is 46.5 Å². The lowest BCUT2D eigenvalue weighted by Crippen LogP contribution is -2.02. The Hall–Kier alpha value is -1.11. The Labute approximate surface area is 86.1 Å². The minimum absolute atomic E-state index is 0.868. The van der Waals surface area contributed by atoms with Gasteiger partial charge in [0, 0.05) is 5.56 Å². The maximum Gasteiger partial charge on any atom is 0.150 e. The molecule has 0 aliphatic carbocycles. The number of benzene rings is 1. The van der Waals surface area contributed by atoms with Gasteiger partial charge in [0.15, 0.2) is 0 Å². The minimum atomic E-state index is 0.868. The third-order valence-electron chi connectivity index (χ3n) is 2.96. The molecule has 0 spiro atoms. The number of rotatable bonds is 3. The second-order valence-electron chi connectivity index (χ2n) is 3.69. The van der Waals surface area contributed by atoms with Gasteiger partial charge in [-0.3, -0.25) is 4.79 Å². The fourth-order valence-corrected chi connectivity index (χ4v) is 2.07. The summed E-state index contributed by atoms with van der Waals surface area (Å²) in [5.41, 5.74) is 6.02. The molecule has 0 radical (unpaired) electrons. The lowest BCUT2D eigenvalue weighted by molar-refractivity contribution is 0.112. The Bertz CT molecular complexity index is 351. The molecule has 14 heavy (non-hydrogen) atoms. The van der Waals surface area contributed by atoms with Crippen LogP contribution in [0.5, 0.6) is 0 Å². The van der Waals surface area contributed by atoms with E-state index in [1.165, 1.54) is 22.3 Å². The highest BCUT2D eigenvalue weighted by Gasteiger charge is 2.10. The summed E-state index contributed by atoms with van der Waals surface area (Å²) in [6.07, 6.45) is 2.93. The first-order valence-corrected chi connectivity index (χ1v) is 5.22. The van der Waals surface area contributed by atoms with E-state index in [0.29, 0.717) is 0 Å². The van der Waals surface area contributed by atoms with E-state index in [4.69, 9.17) is 0 Å². The third kappa shape index (κ3) is 1.72. The summed E-state index contributed by atoms with van der Waals surface area (Å²) in [5.74, 6) is 0. The average molecular weight is 190 g/mol. The summed E-state index contributed by atoms with van der Waals surface area (Å²) in [7, 11) is 0.